The van der Waals surface area contributed by atoms with Gasteiger partial charge in [-0.05, 0) is 51.9 Å². The lowest BCUT2D eigenvalue weighted by Gasteiger charge is -2.29. The van der Waals surface area contributed by atoms with Crippen LogP contribution in [0.4, 0.5) is 0 Å². The van der Waals surface area contributed by atoms with E-state index in [1.807, 2.05) is 38.1 Å². The first-order chi connectivity index (χ1) is 14.4. The summed E-state index contributed by atoms with van der Waals surface area (Å²) in [5.41, 5.74) is 2.93. The van der Waals surface area contributed by atoms with Crippen molar-refractivity contribution in [2.75, 3.05) is 20.1 Å². The monoisotopic (exact) mass is 405 g/mol. The predicted molar refractivity (Wildman–Crippen MR) is 118 cm³/mol. The number of ketones is 1. The zero-order valence-electron chi connectivity index (χ0n) is 17.7. The van der Waals surface area contributed by atoms with Crippen molar-refractivity contribution in [2.45, 2.75) is 39.2 Å². The number of hydrogen-bond donors (Lipinski definition) is 0. The lowest BCUT2D eigenvalue weighted by Crippen LogP contribution is -2.35. The van der Waals surface area contributed by atoms with E-state index in [1.165, 1.54) is 0 Å². The van der Waals surface area contributed by atoms with Crippen molar-refractivity contribution in [3.8, 4) is 5.75 Å². The molecule has 1 aliphatic heterocycles. The Morgan fingerprint density at radius 3 is 2.50 bits per heavy atom. The number of benzene rings is 2. The number of Topliss-reactive ketones (excluding diaryl/α,β-unsaturated/α-hetero) is 1. The molecule has 0 aliphatic carbocycles. The molecule has 30 heavy (non-hydrogen) atoms. The van der Waals surface area contributed by atoms with E-state index < -0.39 is 5.63 Å². The quantitative estimate of drug-likeness (QED) is 0.468. The standard InChI is InChI=1S/C25H27NO4/c1-16-4-6-18(7-5-16)22(27)15-20-14-19-8-9-23(17(2)24(19)30-25(20)28)29-21-10-12-26(3)13-11-21/h4-9,14,21H,10-13,15H2,1-3H3. The smallest absolute Gasteiger partial charge is 0.339 e. The lowest BCUT2D eigenvalue weighted by atomic mass is 10.0. The molecular formula is C25H27NO4. The minimum absolute atomic E-state index is 0.0220. The van der Waals surface area contributed by atoms with E-state index in [0.717, 1.165) is 48.2 Å². The van der Waals surface area contributed by atoms with Crippen LogP contribution >= 0.6 is 0 Å². The van der Waals surface area contributed by atoms with E-state index >= 15 is 0 Å². The maximum Gasteiger partial charge on any atom is 0.339 e. The third kappa shape index (κ3) is 4.31. The molecule has 3 aromatic rings. The Kier molecular flexibility index (Phi) is 5.73. The van der Waals surface area contributed by atoms with Crippen LogP contribution in [0.3, 0.4) is 0 Å². The van der Waals surface area contributed by atoms with Gasteiger partial charge in [0.2, 0.25) is 0 Å². The maximum absolute atomic E-state index is 12.6. The maximum atomic E-state index is 12.6. The number of aryl methyl sites for hydroxylation is 2. The highest BCUT2D eigenvalue weighted by atomic mass is 16.5. The molecule has 0 spiro atoms. The fourth-order valence-corrected chi connectivity index (χ4v) is 3.90. The van der Waals surface area contributed by atoms with E-state index in [-0.39, 0.29) is 18.3 Å². The second kappa shape index (κ2) is 8.44. The number of hydrogen-bond acceptors (Lipinski definition) is 5. The van der Waals surface area contributed by atoms with Crippen molar-refractivity contribution in [3.05, 3.63) is 75.1 Å². The average Bonchev–Trinajstić information content (AvgIpc) is 2.73. The second-order valence-electron chi connectivity index (χ2n) is 8.25. The third-order valence-electron chi connectivity index (χ3n) is 5.86. The Morgan fingerprint density at radius 1 is 1.10 bits per heavy atom. The number of likely N-dealkylation sites (tertiary alicyclic amines) is 1. The van der Waals surface area contributed by atoms with Gasteiger partial charge in [-0.25, -0.2) is 4.79 Å². The Bertz CT molecular complexity index is 1120. The molecule has 1 fully saturated rings. The topological polar surface area (TPSA) is 59.8 Å². The van der Waals surface area contributed by atoms with Gasteiger partial charge in [0.1, 0.15) is 17.4 Å². The summed E-state index contributed by atoms with van der Waals surface area (Å²) < 4.78 is 11.8. The Balaban J connectivity index is 1.57. The molecule has 0 radical (unpaired) electrons. The fourth-order valence-electron chi connectivity index (χ4n) is 3.90. The summed E-state index contributed by atoms with van der Waals surface area (Å²) >= 11 is 0. The van der Waals surface area contributed by atoms with Gasteiger partial charge >= 0.3 is 5.63 Å². The van der Waals surface area contributed by atoms with Crippen LogP contribution in [-0.4, -0.2) is 36.9 Å². The molecule has 0 amide bonds. The zero-order valence-corrected chi connectivity index (χ0v) is 17.7. The molecule has 1 aromatic heterocycles. The normalized spacial score (nSPS) is 15.4. The van der Waals surface area contributed by atoms with Gasteiger partial charge in [0.05, 0.1) is 0 Å². The van der Waals surface area contributed by atoms with Crippen LogP contribution in [0.25, 0.3) is 11.0 Å². The number of nitrogens with zero attached hydrogens (tertiary/aromatic N) is 1. The van der Waals surface area contributed by atoms with Crippen molar-refractivity contribution in [1.82, 2.24) is 4.90 Å². The molecule has 4 rings (SSSR count). The van der Waals surface area contributed by atoms with Gasteiger partial charge in [-0.1, -0.05) is 29.8 Å². The molecule has 2 heterocycles. The van der Waals surface area contributed by atoms with E-state index in [2.05, 4.69) is 11.9 Å². The van der Waals surface area contributed by atoms with Gasteiger partial charge in [0.25, 0.3) is 0 Å². The van der Waals surface area contributed by atoms with Gasteiger partial charge in [0, 0.05) is 41.6 Å². The molecule has 0 N–H and O–H groups in total. The van der Waals surface area contributed by atoms with E-state index in [0.29, 0.717) is 16.7 Å². The van der Waals surface area contributed by atoms with Crippen LogP contribution in [0.1, 0.15) is 39.9 Å². The fraction of sp³-hybridized carbons (Fsp3) is 0.360. The Morgan fingerprint density at radius 2 is 1.80 bits per heavy atom. The number of fused-ring (bicyclic) bond motifs is 1. The highest BCUT2D eigenvalue weighted by Crippen LogP contribution is 2.29. The van der Waals surface area contributed by atoms with Crippen LogP contribution in [0.5, 0.6) is 5.75 Å². The van der Waals surface area contributed by atoms with Crippen molar-refractivity contribution in [3.63, 3.8) is 0 Å². The summed E-state index contributed by atoms with van der Waals surface area (Å²) in [4.78, 5) is 27.5. The van der Waals surface area contributed by atoms with Crippen molar-refractivity contribution >= 4 is 16.8 Å². The summed E-state index contributed by atoms with van der Waals surface area (Å²) in [6.07, 6.45) is 2.17. The molecule has 1 aliphatic rings. The number of piperidine rings is 1. The minimum Gasteiger partial charge on any atom is -0.490 e. The zero-order chi connectivity index (χ0) is 21.3. The first-order valence-corrected chi connectivity index (χ1v) is 10.4. The van der Waals surface area contributed by atoms with Gasteiger partial charge in [-0.2, -0.15) is 0 Å². The van der Waals surface area contributed by atoms with Crippen molar-refractivity contribution < 1.29 is 13.9 Å². The van der Waals surface area contributed by atoms with Gasteiger partial charge in [-0.15, -0.1) is 0 Å². The third-order valence-corrected chi connectivity index (χ3v) is 5.86. The molecule has 0 saturated carbocycles. The summed E-state index contributed by atoms with van der Waals surface area (Å²) in [5, 5.41) is 0.800. The number of rotatable bonds is 5. The van der Waals surface area contributed by atoms with Gasteiger partial charge in [0.15, 0.2) is 5.78 Å². The lowest BCUT2D eigenvalue weighted by molar-refractivity contribution is 0.0992. The van der Waals surface area contributed by atoms with Crippen LogP contribution in [-0.2, 0) is 6.42 Å². The minimum atomic E-state index is -0.470. The summed E-state index contributed by atoms with van der Waals surface area (Å²) in [6, 6.07) is 13.0. The van der Waals surface area contributed by atoms with Crippen molar-refractivity contribution in [2.24, 2.45) is 0 Å². The van der Waals surface area contributed by atoms with Crippen LogP contribution in [0.15, 0.2) is 51.7 Å². The predicted octanol–water partition coefficient (Wildman–Crippen LogP) is 4.31. The molecule has 5 nitrogen and oxygen atoms in total. The first-order valence-electron chi connectivity index (χ1n) is 10.4. The van der Waals surface area contributed by atoms with Crippen LogP contribution in [0.2, 0.25) is 0 Å². The summed E-state index contributed by atoms with van der Waals surface area (Å²) in [6.45, 7) is 5.92. The first kappa shape index (κ1) is 20.4. The average molecular weight is 405 g/mol. The highest BCUT2D eigenvalue weighted by Gasteiger charge is 2.20. The number of ether oxygens (including phenoxy) is 1. The largest absolute Gasteiger partial charge is 0.490 e. The molecule has 156 valence electrons. The van der Waals surface area contributed by atoms with Crippen molar-refractivity contribution in [1.29, 1.82) is 0 Å². The van der Waals surface area contributed by atoms with Gasteiger partial charge < -0.3 is 14.1 Å². The highest BCUT2D eigenvalue weighted by molar-refractivity contribution is 5.97. The van der Waals surface area contributed by atoms with Gasteiger partial charge in [-0.3, -0.25) is 4.79 Å². The molecule has 0 atom stereocenters. The second-order valence-corrected chi connectivity index (χ2v) is 8.25. The van der Waals surface area contributed by atoms with E-state index in [9.17, 15) is 9.59 Å². The molecule has 5 heteroatoms. The summed E-state index contributed by atoms with van der Waals surface area (Å²) in [5.74, 6) is 0.657. The Labute approximate surface area is 176 Å². The molecule has 2 aromatic carbocycles. The van der Waals surface area contributed by atoms with E-state index in [4.69, 9.17) is 9.15 Å². The number of carbonyl (C=O) groups excluding carboxylic acids is 1. The van der Waals surface area contributed by atoms with Crippen LogP contribution in [0, 0.1) is 13.8 Å². The Hall–Kier alpha value is -2.92. The van der Waals surface area contributed by atoms with Crippen LogP contribution < -0.4 is 10.4 Å². The molecule has 0 bridgehead atoms. The molecule has 0 unspecified atom stereocenters. The molecular weight excluding hydrogens is 378 g/mol. The molecule has 1 saturated heterocycles. The van der Waals surface area contributed by atoms with E-state index in [1.54, 1.807) is 18.2 Å². The SMILES string of the molecule is Cc1ccc(C(=O)Cc2cc3ccc(OC4CCN(C)CC4)c(C)c3oc2=O)cc1. The number of carbonyl (C=O) groups is 1. The summed E-state index contributed by atoms with van der Waals surface area (Å²) in [7, 11) is 2.12.